The second-order valence-corrected chi connectivity index (χ2v) is 5.87. The number of amides is 1. The Hall–Kier alpha value is -1.55. The molecule has 1 aromatic rings. The van der Waals surface area contributed by atoms with Crippen LogP contribution in [0, 0.1) is 0 Å². The second kappa shape index (κ2) is 12.9. The molecule has 0 saturated carbocycles. The lowest BCUT2D eigenvalue weighted by molar-refractivity contribution is -0.115. The van der Waals surface area contributed by atoms with Gasteiger partial charge in [-0.15, -0.1) is 0 Å². The summed E-state index contributed by atoms with van der Waals surface area (Å²) >= 11 is 0. The van der Waals surface area contributed by atoms with Crippen molar-refractivity contribution in [1.82, 2.24) is 5.32 Å². The third-order valence-electron chi connectivity index (χ3n) is 3.65. The zero-order valence-corrected chi connectivity index (χ0v) is 14.7. The molecule has 0 radical (unpaired) electrons. The van der Waals surface area contributed by atoms with E-state index in [1.807, 2.05) is 24.3 Å². The van der Waals surface area contributed by atoms with Gasteiger partial charge in [0.15, 0.2) is 0 Å². The second-order valence-electron chi connectivity index (χ2n) is 5.87. The number of rotatable bonds is 13. The van der Waals surface area contributed by atoms with Gasteiger partial charge in [0.25, 0.3) is 0 Å². The monoisotopic (exact) mass is 320 g/mol. The van der Waals surface area contributed by atoms with E-state index < -0.39 is 0 Å². The van der Waals surface area contributed by atoms with Crippen molar-refractivity contribution in [3.05, 3.63) is 24.3 Å². The summed E-state index contributed by atoms with van der Waals surface area (Å²) in [6, 6.07) is 7.59. The molecule has 0 saturated heterocycles. The third-order valence-corrected chi connectivity index (χ3v) is 3.65. The van der Waals surface area contributed by atoms with E-state index in [4.69, 9.17) is 4.74 Å². The fourth-order valence-corrected chi connectivity index (χ4v) is 2.24. The molecule has 0 aliphatic heterocycles. The lowest BCUT2D eigenvalue weighted by Crippen LogP contribution is -2.28. The van der Waals surface area contributed by atoms with Crippen LogP contribution in [0.4, 0.5) is 5.69 Å². The number of carbonyl (C=O) groups is 1. The summed E-state index contributed by atoms with van der Waals surface area (Å²) in [5, 5.41) is 6.01. The van der Waals surface area contributed by atoms with Gasteiger partial charge in [-0.3, -0.25) is 4.79 Å². The normalized spacial score (nSPS) is 10.5. The van der Waals surface area contributed by atoms with Gasteiger partial charge in [0.1, 0.15) is 5.75 Å². The molecule has 0 aliphatic rings. The molecule has 0 atom stereocenters. The molecule has 23 heavy (non-hydrogen) atoms. The fourth-order valence-electron chi connectivity index (χ4n) is 2.24. The molecule has 1 amide bonds. The van der Waals surface area contributed by atoms with Crippen molar-refractivity contribution in [2.24, 2.45) is 0 Å². The minimum absolute atomic E-state index is 0.00862. The van der Waals surface area contributed by atoms with Crippen molar-refractivity contribution >= 4 is 11.6 Å². The van der Waals surface area contributed by atoms with Crippen LogP contribution < -0.4 is 15.4 Å². The number of nitrogens with one attached hydrogen (secondary N) is 2. The van der Waals surface area contributed by atoms with E-state index in [2.05, 4.69) is 24.5 Å². The standard InChI is InChI=1S/C19H32N2O2/c1-3-5-7-8-9-15-23-18-12-10-17(11-13-18)21-19(22)16-20-14-6-4-2/h10-13,20H,3-9,14-16H2,1-2H3,(H,21,22). The SMILES string of the molecule is CCCCCCCOc1ccc(NC(=O)CNCCCC)cc1. The molecule has 0 spiro atoms. The maximum atomic E-state index is 11.8. The Morgan fingerprint density at radius 3 is 2.35 bits per heavy atom. The molecule has 4 heteroatoms. The molecular formula is C19H32N2O2. The molecule has 1 rings (SSSR count). The molecule has 0 aromatic heterocycles. The number of anilines is 1. The van der Waals surface area contributed by atoms with Gasteiger partial charge in [-0.05, 0) is 43.7 Å². The van der Waals surface area contributed by atoms with Gasteiger partial charge < -0.3 is 15.4 Å². The summed E-state index contributed by atoms with van der Waals surface area (Å²) in [4.78, 5) is 11.8. The lowest BCUT2D eigenvalue weighted by atomic mass is 10.2. The number of benzene rings is 1. The van der Waals surface area contributed by atoms with E-state index in [9.17, 15) is 4.79 Å². The zero-order valence-electron chi connectivity index (χ0n) is 14.7. The van der Waals surface area contributed by atoms with Crippen LogP contribution >= 0.6 is 0 Å². The highest BCUT2D eigenvalue weighted by atomic mass is 16.5. The summed E-state index contributed by atoms with van der Waals surface area (Å²) in [6.07, 6.45) is 8.42. The van der Waals surface area contributed by atoms with E-state index in [0.717, 1.165) is 43.9 Å². The maximum absolute atomic E-state index is 11.8. The van der Waals surface area contributed by atoms with Crippen LogP contribution in [-0.2, 0) is 4.79 Å². The van der Waals surface area contributed by atoms with E-state index >= 15 is 0 Å². The summed E-state index contributed by atoms with van der Waals surface area (Å²) in [5.74, 6) is 0.852. The van der Waals surface area contributed by atoms with Gasteiger partial charge in [-0.1, -0.05) is 46.0 Å². The van der Waals surface area contributed by atoms with Gasteiger partial charge >= 0.3 is 0 Å². The summed E-state index contributed by atoms with van der Waals surface area (Å²) < 4.78 is 5.71. The minimum Gasteiger partial charge on any atom is -0.494 e. The van der Waals surface area contributed by atoms with E-state index in [0.29, 0.717) is 6.54 Å². The quantitative estimate of drug-likeness (QED) is 0.531. The van der Waals surface area contributed by atoms with Crippen LogP contribution in [-0.4, -0.2) is 25.6 Å². The van der Waals surface area contributed by atoms with Crippen molar-refractivity contribution in [1.29, 1.82) is 0 Å². The molecular weight excluding hydrogens is 288 g/mol. The van der Waals surface area contributed by atoms with Gasteiger partial charge in [0.2, 0.25) is 5.91 Å². The predicted molar refractivity (Wildman–Crippen MR) is 97.1 cm³/mol. The van der Waals surface area contributed by atoms with Crippen molar-refractivity contribution in [2.75, 3.05) is 25.0 Å². The largest absolute Gasteiger partial charge is 0.494 e. The molecule has 1 aromatic carbocycles. The molecule has 0 unspecified atom stereocenters. The Morgan fingerprint density at radius 2 is 1.65 bits per heavy atom. The predicted octanol–water partition coefficient (Wildman–Crippen LogP) is 4.36. The molecule has 2 N–H and O–H groups in total. The molecule has 0 aliphatic carbocycles. The molecule has 0 heterocycles. The van der Waals surface area contributed by atoms with Crippen LogP contribution in [0.2, 0.25) is 0 Å². The Morgan fingerprint density at radius 1 is 0.957 bits per heavy atom. The van der Waals surface area contributed by atoms with Gasteiger partial charge in [0.05, 0.1) is 13.2 Å². The van der Waals surface area contributed by atoms with Crippen LogP contribution in [0.25, 0.3) is 0 Å². The molecule has 4 nitrogen and oxygen atoms in total. The first-order valence-corrected chi connectivity index (χ1v) is 8.99. The Kier molecular flexibility index (Phi) is 11.0. The van der Waals surface area contributed by atoms with Crippen LogP contribution in [0.3, 0.4) is 0 Å². The minimum atomic E-state index is -0.00862. The Balaban J connectivity index is 2.18. The van der Waals surface area contributed by atoms with Crippen molar-refractivity contribution < 1.29 is 9.53 Å². The van der Waals surface area contributed by atoms with Gasteiger partial charge in [-0.2, -0.15) is 0 Å². The third kappa shape index (κ3) is 9.95. The molecule has 130 valence electrons. The average molecular weight is 320 g/mol. The average Bonchev–Trinajstić information content (AvgIpc) is 2.56. The van der Waals surface area contributed by atoms with Crippen molar-refractivity contribution in [3.63, 3.8) is 0 Å². The first-order chi connectivity index (χ1) is 11.3. The van der Waals surface area contributed by atoms with E-state index in [-0.39, 0.29) is 5.91 Å². The first-order valence-electron chi connectivity index (χ1n) is 8.99. The van der Waals surface area contributed by atoms with Gasteiger partial charge in [0, 0.05) is 5.69 Å². The highest BCUT2D eigenvalue weighted by molar-refractivity contribution is 5.92. The van der Waals surface area contributed by atoms with Crippen LogP contribution in [0.5, 0.6) is 5.75 Å². The van der Waals surface area contributed by atoms with Crippen molar-refractivity contribution in [3.8, 4) is 5.75 Å². The maximum Gasteiger partial charge on any atom is 0.238 e. The van der Waals surface area contributed by atoms with Crippen LogP contribution in [0.15, 0.2) is 24.3 Å². The molecule has 0 fully saturated rings. The molecule has 0 bridgehead atoms. The van der Waals surface area contributed by atoms with E-state index in [1.165, 1.54) is 25.7 Å². The highest BCUT2D eigenvalue weighted by Gasteiger charge is 2.02. The highest BCUT2D eigenvalue weighted by Crippen LogP contribution is 2.16. The first kappa shape index (κ1) is 19.5. The summed E-state index contributed by atoms with van der Waals surface area (Å²) in [6.45, 7) is 6.36. The zero-order chi connectivity index (χ0) is 16.8. The Bertz CT molecular complexity index is 418. The Labute approximate surface area is 141 Å². The number of ether oxygens (including phenoxy) is 1. The summed E-state index contributed by atoms with van der Waals surface area (Å²) in [7, 11) is 0. The number of hydrogen-bond donors (Lipinski definition) is 2. The smallest absolute Gasteiger partial charge is 0.238 e. The van der Waals surface area contributed by atoms with E-state index in [1.54, 1.807) is 0 Å². The number of carbonyl (C=O) groups excluding carboxylic acids is 1. The lowest BCUT2D eigenvalue weighted by Gasteiger charge is -2.09. The number of unbranched alkanes of at least 4 members (excludes halogenated alkanes) is 5. The van der Waals surface area contributed by atoms with Crippen LogP contribution in [0.1, 0.15) is 58.8 Å². The van der Waals surface area contributed by atoms with Gasteiger partial charge in [-0.25, -0.2) is 0 Å². The summed E-state index contributed by atoms with van der Waals surface area (Å²) in [5.41, 5.74) is 0.808. The fraction of sp³-hybridized carbons (Fsp3) is 0.632. The number of hydrogen-bond acceptors (Lipinski definition) is 3. The topological polar surface area (TPSA) is 50.4 Å². The van der Waals surface area contributed by atoms with Crippen molar-refractivity contribution in [2.45, 2.75) is 58.8 Å².